The fourth-order valence-corrected chi connectivity index (χ4v) is 2.95. The number of benzene rings is 3. The summed E-state index contributed by atoms with van der Waals surface area (Å²) in [5.41, 5.74) is -0.623. The zero-order valence-electron chi connectivity index (χ0n) is 15.8. The Labute approximate surface area is 173 Å². The third-order valence-corrected chi connectivity index (χ3v) is 4.49. The molecule has 0 saturated heterocycles. The number of rotatable bonds is 6. The Bertz CT molecular complexity index is 1300. The van der Waals surface area contributed by atoms with Crippen molar-refractivity contribution < 1.29 is 18.4 Å². The lowest BCUT2D eigenvalue weighted by atomic mass is 10.2. The summed E-state index contributed by atoms with van der Waals surface area (Å²) < 4.78 is 35.4. The van der Waals surface area contributed by atoms with Crippen molar-refractivity contribution >= 4 is 5.69 Å². The Kier molecular flexibility index (Phi) is 5.27. The van der Waals surface area contributed by atoms with Gasteiger partial charge in [0.1, 0.15) is 23.7 Å². The Morgan fingerprint density at radius 2 is 1.65 bits per heavy atom. The summed E-state index contributed by atoms with van der Waals surface area (Å²) in [6.45, 7) is -0.309. The number of hydrogen-bond donors (Lipinski definition) is 0. The van der Waals surface area contributed by atoms with Crippen molar-refractivity contribution in [1.29, 1.82) is 0 Å². The van der Waals surface area contributed by atoms with E-state index in [2.05, 4.69) is 5.10 Å². The van der Waals surface area contributed by atoms with Gasteiger partial charge < -0.3 is 4.74 Å². The summed E-state index contributed by atoms with van der Waals surface area (Å²) >= 11 is 0. The van der Waals surface area contributed by atoms with Gasteiger partial charge in [0.15, 0.2) is 0 Å². The maximum absolute atomic E-state index is 13.9. The molecule has 0 amide bonds. The Morgan fingerprint density at radius 3 is 2.32 bits per heavy atom. The summed E-state index contributed by atoms with van der Waals surface area (Å²) in [6, 6.07) is 15.5. The van der Waals surface area contributed by atoms with Crippen LogP contribution in [0.3, 0.4) is 0 Å². The van der Waals surface area contributed by atoms with Crippen LogP contribution in [0.2, 0.25) is 0 Å². The van der Waals surface area contributed by atoms with E-state index in [1.807, 2.05) is 0 Å². The van der Waals surface area contributed by atoms with Crippen molar-refractivity contribution in [3.8, 4) is 17.2 Å². The summed E-state index contributed by atoms with van der Waals surface area (Å²) in [6.07, 6.45) is 1.19. The molecule has 156 valence electrons. The van der Waals surface area contributed by atoms with Crippen LogP contribution in [0, 0.1) is 21.7 Å². The Balaban J connectivity index is 1.57. The van der Waals surface area contributed by atoms with Crippen molar-refractivity contribution in [1.82, 2.24) is 14.3 Å². The normalized spacial score (nSPS) is 10.8. The minimum Gasteiger partial charge on any atom is -0.450 e. The lowest BCUT2D eigenvalue weighted by Gasteiger charge is -2.07. The average molecular weight is 424 g/mol. The Morgan fingerprint density at radius 1 is 0.968 bits per heavy atom. The van der Waals surface area contributed by atoms with Crippen LogP contribution >= 0.6 is 0 Å². The van der Waals surface area contributed by atoms with E-state index in [4.69, 9.17) is 4.74 Å². The van der Waals surface area contributed by atoms with E-state index in [9.17, 15) is 23.7 Å². The number of nitrogens with zero attached hydrogens (tertiary/aromatic N) is 4. The van der Waals surface area contributed by atoms with Crippen LogP contribution in [-0.4, -0.2) is 19.3 Å². The molecule has 0 atom stereocenters. The van der Waals surface area contributed by atoms with Crippen LogP contribution in [0.15, 0.2) is 77.9 Å². The van der Waals surface area contributed by atoms with Crippen LogP contribution < -0.4 is 10.4 Å². The number of aromatic nitrogens is 3. The van der Waals surface area contributed by atoms with E-state index in [1.165, 1.54) is 54.9 Å². The van der Waals surface area contributed by atoms with Gasteiger partial charge in [-0.1, -0.05) is 18.2 Å². The molecular formula is C21H14F2N4O4. The van der Waals surface area contributed by atoms with Gasteiger partial charge in [0, 0.05) is 11.6 Å². The second-order valence-corrected chi connectivity index (χ2v) is 6.47. The quantitative estimate of drug-likeness (QED) is 0.344. The fourth-order valence-electron chi connectivity index (χ4n) is 2.95. The molecule has 3 aromatic carbocycles. The molecule has 8 nitrogen and oxygen atoms in total. The summed E-state index contributed by atoms with van der Waals surface area (Å²) in [5, 5.41) is 15.1. The number of hydrogen-bond acceptors (Lipinski definition) is 5. The van der Waals surface area contributed by atoms with Crippen LogP contribution in [0.5, 0.6) is 11.5 Å². The molecule has 0 spiro atoms. The predicted octanol–water partition coefficient (Wildman–Crippen LogP) is 4.06. The van der Waals surface area contributed by atoms with Gasteiger partial charge in [0.2, 0.25) is 5.75 Å². The molecule has 4 aromatic rings. The third kappa shape index (κ3) is 4.04. The second-order valence-electron chi connectivity index (χ2n) is 6.47. The van der Waals surface area contributed by atoms with Crippen LogP contribution in [-0.2, 0) is 6.54 Å². The maximum Gasteiger partial charge on any atom is 0.350 e. The molecule has 10 heteroatoms. The van der Waals surface area contributed by atoms with Crippen molar-refractivity contribution in [2.24, 2.45) is 0 Å². The van der Waals surface area contributed by atoms with Gasteiger partial charge >= 0.3 is 11.4 Å². The number of halogens is 2. The van der Waals surface area contributed by atoms with E-state index in [-0.39, 0.29) is 23.5 Å². The molecule has 31 heavy (non-hydrogen) atoms. The minimum atomic E-state index is -0.754. The molecule has 0 aliphatic heterocycles. The maximum atomic E-state index is 13.9. The highest BCUT2D eigenvalue weighted by atomic mass is 19.1. The largest absolute Gasteiger partial charge is 0.450 e. The van der Waals surface area contributed by atoms with E-state index in [0.717, 1.165) is 21.4 Å². The van der Waals surface area contributed by atoms with E-state index < -0.39 is 22.2 Å². The molecular weight excluding hydrogens is 410 g/mol. The van der Waals surface area contributed by atoms with Gasteiger partial charge in [0.05, 0.1) is 17.2 Å². The first kappa shape index (κ1) is 20.0. The van der Waals surface area contributed by atoms with Gasteiger partial charge in [-0.2, -0.15) is 9.78 Å². The summed E-state index contributed by atoms with van der Waals surface area (Å²) in [4.78, 5) is 23.2. The molecule has 0 aliphatic carbocycles. The summed E-state index contributed by atoms with van der Waals surface area (Å²) in [7, 11) is 0. The molecule has 0 aliphatic rings. The molecule has 4 rings (SSSR count). The molecule has 0 fully saturated rings. The fraction of sp³-hybridized carbons (Fsp3) is 0.0476. The zero-order valence-corrected chi connectivity index (χ0v) is 15.8. The van der Waals surface area contributed by atoms with Crippen molar-refractivity contribution in [3.05, 3.63) is 111 Å². The molecule has 0 saturated carbocycles. The third-order valence-electron chi connectivity index (χ3n) is 4.49. The predicted molar refractivity (Wildman–Crippen MR) is 106 cm³/mol. The van der Waals surface area contributed by atoms with Crippen LogP contribution in [0.25, 0.3) is 5.69 Å². The van der Waals surface area contributed by atoms with Gasteiger partial charge in [0.25, 0.3) is 0 Å². The molecule has 1 aromatic heterocycles. The van der Waals surface area contributed by atoms with E-state index in [1.54, 1.807) is 6.07 Å². The highest BCUT2D eigenvalue weighted by molar-refractivity contribution is 5.48. The zero-order chi connectivity index (χ0) is 22.0. The van der Waals surface area contributed by atoms with Gasteiger partial charge in [-0.3, -0.25) is 14.7 Å². The van der Waals surface area contributed by atoms with Crippen LogP contribution in [0.1, 0.15) is 5.56 Å². The van der Waals surface area contributed by atoms with Crippen molar-refractivity contribution in [3.63, 3.8) is 0 Å². The molecule has 0 radical (unpaired) electrons. The first-order valence-corrected chi connectivity index (χ1v) is 9.03. The Hall–Kier alpha value is -4.34. The summed E-state index contributed by atoms with van der Waals surface area (Å²) in [5.74, 6) is -1.11. The SMILES string of the molecule is O=c1n(Cc2c(F)cccc2F)cnn1-c1ccc(Oc2ccccc2[N+](=O)[O-])cc1. The monoisotopic (exact) mass is 424 g/mol. The standard InChI is InChI=1S/C21H14F2N4O4/c22-17-4-3-5-18(23)16(17)12-25-13-24-26(21(25)28)14-8-10-15(11-9-14)31-20-7-2-1-6-19(20)27(29)30/h1-11,13H,12H2. The van der Waals surface area contributed by atoms with Crippen molar-refractivity contribution in [2.75, 3.05) is 0 Å². The molecule has 1 heterocycles. The average Bonchev–Trinajstić information content (AvgIpc) is 3.12. The van der Waals surface area contributed by atoms with Gasteiger partial charge in [-0.05, 0) is 42.5 Å². The smallest absolute Gasteiger partial charge is 0.350 e. The number of para-hydroxylation sites is 2. The molecule has 0 unspecified atom stereocenters. The van der Waals surface area contributed by atoms with Gasteiger partial charge in [-0.15, -0.1) is 0 Å². The van der Waals surface area contributed by atoms with Gasteiger partial charge in [-0.25, -0.2) is 13.6 Å². The number of ether oxygens (including phenoxy) is 1. The lowest BCUT2D eigenvalue weighted by Crippen LogP contribution is -2.24. The molecule has 0 N–H and O–H groups in total. The lowest BCUT2D eigenvalue weighted by molar-refractivity contribution is -0.385. The molecule has 0 bridgehead atoms. The second kappa shape index (κ2) is 8.19. The number of nitro groups is 1. The van der Waals surface area contributed by atoms with E-state index in [0.29, 0.717) is 11.4 Å². The number of nitro benzene ring substituents is 1. The highest BCUT2D eigenvalue weighted by Gasteiger charge is 2.15. The topological polar surface area (TPSA) is 92.2 Å². The first-order chi connectivity index (χ1) is 14.9. The van der Waals surface area contributed by atoms with E-state index >= 15 is 0 Å². The van der Waals surface area contributed by atoms with Crippen LogP contribution in [0.4, 0.5) is 14.5 Å². The highest BCUT2D eigenvalue weighted by Crippen LogP contribution is 2.31. The minimum absolute atomic E-state index is 0.0774. The first-order valence-electron chi connectivity index (χ1n) is 9.03. The van der Waals surface area contributed by atoms with Crippen molar-refractivity contribution in [2.45, 2.75) is 6.54 Å².